The summed E-state index contributed by atoms with van der Waals surface area (Å²) in [5.41, 5.74) is 5.28. The van der Waals surface area contributed by atoms with Gasteiger partial charge in [0, 0.05) is 18.0 Å². The van der Waals surface area contributed by atoms with Crippen LogP contribution >= 0.6 is 11.6 Å². The number of aryl methyl sites for hydroxylation is 1. The fourth-order valence-electron chi connectivity index (χ4n) is 5.14. The van der Waals surface area contributed by atoms with Crippen molar-refractivity contribution < 1.29 is 19.8 Å². The van der Waals surface area contributed by atoms with Crippen LogP contribution in [0, 0.1) is 0 Å². The van der Waals surface area contributed by atoms with Crippen LogP contribution in [0.15, 0.2) is 78.9 Å². The first kappa shape index (κ1) is 28.6. The molecule has 1 heterocycles. The second-order valence-corrected chi connectivity index (χ2v) is 11.6. The van der Waals surface area contributed by atoms with Crippen LogP contribution in [0.4, 0.5) is 0 Å². The Morgan fingerprint density at radius 3 is 2.54 bits per heavy atom. The van der Waals surface area contributed by atoms with E-state index in [2.05, 4.69) is 20.8 Å². The van der Waals surface area contributed by atoms with E-state index in [4.69, 9.17) is 16.7 Å². The Bertz CT molecular complexity index is 1360. The Hall–Kier alpha value is -3.41. The van der Waals surface area contributed by atoms with Crippen LogP contribution in [-0.2, 0) is 16.6 Å². The SMILES string of the molecule is CC(C)(C)c1cc(Cl)ccc1-c1cccc(C(O)/C=C/C2CCC(=O)N2CCCc2ccc(C(=O)O)cc2)c1. The molecule has 3 aromatic rings. The number of rotatable bonds is 9. The van der Waals surface area contributed by atoms with Crippen molar-refractivity contribution in [1.82, 2.24) is 4.90 Å². The summed E-state index contributed by atoms with van der Waals surface area (Å²) in [4.78, 5) is 25.5. The zero-order valence-electron chi connectivity index (χ0n) is 22.7. The molecule has 39 heavy (non-hydrogen) atoms. The zero-order valence-corrected chi connectivity index (χ0v) is 23.5. The monoisotopic (exact) mass is 545 g/mol. The third-order valence-electron chi connectivity index (χ3n) is 7.28. The molecule has 6 heteroatoms. The standard InChI is InChI=1S/C33H36ClNO4/c1-33(2,3)29-21-26(34)13-16-28(29)24-7-4-8-25(20-24)30(36)17-14-27-15-18-31(37)35(27)19-5-6-22-9-11-23(12-10-22)32(38)39/h4,7-14,16-17,20-21,27,30,36H,5-6,15,18-19H2,1-3H3,(H,38,39)/b17-14+. The molecule has 5 nitrogen and oxygen atoms in total. The summed E-state index contributed by atoms with van der Waals surface area (Å²) < 4.78 is 0. The van der Waals surface area contributed by atoms with Crippen LogP contribution < -0.4 is 0 Å². The molecule has 1 fully saturated rings. The molecule has 1 saturated heterocycles. The molecule has 4 rings (SSSR count). The molecule has 204 valence electrons. The fraction of sp³-hybridized carbons (Fsp3) is 0.333. The van der Waals surface area contributed by atoms with E-state index in [1.165, 1.54) is 0 Å². The number of hydrogen-bond acceptors (Lipinski definition) is 3. The molecule has 1 aliphatic rings. The summed E-state index contributed by atoms with van der Waals surface area (Å²) in [7, 11) is 0. The zero-order chi connectivity index (χ0) is 28.2. The summed E-state index contributed by atoms with van der Waals surface area (Å²) in [6.45, 7) is 7.10. The maximum absolute atomic E-state index is 12.6. The van der Waals surface area contributed by atoms with E-state index < -0.39 is 12.1 Å². The van der Waals surface area contributed by atoms with E-state index in [9.17, 15) is 14.7 Å². The Labute approximate surface area is 235 Å². The maximum atomic E-state index is 12.6. The second kappa shape index (κ2) is 12.2. The number of aromatic carboxylic acids is 1. The molecule has 0 aliphatic carbocycles. The topological polar surface area (TPSA) is 77.8 Å². The molecule has 2 unspecified atom stereocenters. The summed E-state index contributed by atoms with van der Waals surface area (Å²) in [6, 6.07) is 20.7. The number of likely N-dealkylation sites (tertiary alicyclic amines) is 1. The Morgan fingerprint density at radius 2 is 1.85 bits per heavy atom. The van der Waals surface area contributed by atoms with Crippen molar-refractivity contribution in [2.45, 2.75) is 64.0 Å². The lowest BCUT2D eigenvalue weighted by molar-refractivity contribution is -0.128. The molecular formula is C33H36ClNO4. The van der Waals surface area contributed by atoms with Crippen molar-refractivity contribution in [3.8, 4) is 11.1 Å². The summed E-state index contributed by atoms with van der Waals surface area (Å²) in [5.74, 6) is -0.813. The molecule has 2 N–H and O–H groups in total. The van der Waals surface area contributed by atoms with Gasteiger partial charge in [0.05, 0.1) is 17.7 Å². The highest BCUT2D eigenvalue weighted by atomic mass is 35.5. The van der Waals surface area contributed by atoms with Crippen LogP contribution in [0.25, 0.3) is 11.1 Å². The first-order valence-corrected chi connectivity index (χ1v) is 13.8. The van der Waals surface area contributed by atoms with E-state index in [1.807, 2.05) is 65.6 Å². The van der Waals surface area contributed by atoms with Crippen molar-refractivity contribution in [1.29, 1.82) is 0 Å². The number of carbonyl (C=O) groups excluding carboxylic acids is 1. The average molecular weight is 546 g/mol. The number of nitrogens with zero attached hydrogens (tertiary/aromatic N) is 1. The predicted molar refractivity (Wildman–Crippen MR) is 156 cm³/mol. The highest BCUT2D eigenvalue weighted by molar-refractivity contribution is 6.30. The van der Waals surface area contributed by atoms with Gasteiger partial charge in [-0.3, -0.25) is 4.79 Å². The molecule has 0 spiro atoms. The molecule has 1 aliphatic heterocycles. The second-order valence-electron chi connectivity index (χ2n) is 11.2. The van der Waals surface area contributed by atoms with Crippen molar-refractivity contribution in [2.24, 2.45) is 0 Å². The van der Waals surface area contributed by atoms with Gasteiger partial charge < -0.3 is 15.1 Å². The summed E-state index contributed by atoms with van der Waals surface area (Å²) in [6.07, 6.45) is 5.72. The van der Waals surface area contributed by atoms with Crippen molar-refractivity contribution in [3.63, 3.8) is 0 Å². The largest absolute Gasteiger partial charge is 0.478 e. The van der Waals surface area contributed by atoms with Gasteiger partial charge in [-0.1, -0.05) is 80.9 Å². The average Bonchev–Trinajstić information content (AvgIpc) is 3.26. The van der Waals surface area contributed by atoms with Crippen molar-refractivity contribution in [3.05, 3.63) is 106 Å². The predicted octanol–water partition coefficient (Wildman–Crippen LogP) is 7.22. The van der Waals surface area contributed by atoms with Gasteiger partial charge in [0.2, 0.25) is 5.91 Å². The molecule has 0 aromatic heterocycles. The van der Waals surface area contributed by atoms with Crippen LogP contribution in [0.2, 0.25) is 5.02 Å². The first-order valence-electron chi connectivity index (χ1n) is 13.4. The van der Waals surface area contributed by atoms with Crippen LogP contribution in [-0.4, -0.2) is 39.6 Å². The van der Waals surface area contributed by atoms with Gasteiger partial charge in [-0.25, -0.2) is 4.79 Å². The minimum atomic E-state index is -0.938. The van der Waals surface area contributed by atoms with E-state index in [-0.39, 0.29) is 22.9 Å². The van der Waals surface area contributed by atoms with Gasteiger partial charge in [0.15, 0.2) is 0 Å². The number of carbonyl (C=O) groups is 2. The number of amides is 1. The molecular weight excluding hydrogens is 510 g/mol. The number of carboxylic acids is 1. The van der Waals surface area contributed by atoms with Gasteiger partial charge >= 0.3 is 5.97 Å². The molecule has 2 atom stereocenters. The van der Waals surface area contributed by atoms with Crippen molar-refractivity contribution in [2.75, 3.05) is 6.54 Å². The van der Waals surface area contributed by atoms with Gasteiger partial charge in [-0.15, -0.1) is 0 Å². The van der Waals surface area contributed by atoms with Gasteiger partial charge in [0.25, 0.3) is 0 Å². The molecule has 0 bridgehead atoms. The minimum absolute atomic E-state index is 0.0477. The third-order valence-corrected chi connectivity index (χ3v) is 7.52. The van der Waals surface area contributed by atoms with E-state index in [1.54, 1.807) is 18.2 Å². The number of benzene rings is 3. The highest BCUT2D eigenvalue weighted by Crippen LogP contribution is 2.36. The third kappa shape index (κ3) is 7.17. The van der Waals surface area contributed by atoms with Crippen molar-refractivity contribution >= 4 is 23.5 Å². The normalized spacial score (nSPS) is 16.7. The lowest BCUT2D eigenvalue weighted by Gasteiger charge is -2.24. The smallest absolute Gasteiger partial charge is 0.335 e. The molecule has 3 aromatic carbocycles. The van der Waals surface area contributed by atoms with Crippen LogP contribution in [0.1, 0.15) is 73.2 Å². The highest BCUT2D eigenvalue weighted by Gasteiger charge is 2.28. The lowest BCUT2D eigenvalue weighted by Crippen LogP contribution is -2.33. The molecule has 0 radical (unpaired) electrons. The van der Waals surface area contributed by atoms with E-state index in [0.717, 1.165) is 47.1 Å². The number of aliphatic hydroxyl groups excluding tert-OH is 1. The quantitative estimate of drug-likeness (QED) is 0.278. The molecule has 1 amide bonds. The lowest BCUT2D eigenvalue weighted by atomic mass is 9.81. The Morgan fingerprint density at radius 1 is 1.10 bits per heavy atom. The van der Waals surface area contributed by atoms with Gasteiger partial charge in [-0.05, 0) is 82.8 Å². The maximum Gasteiger partial charge on any atom is 0.335 e. The first-order chi connectivity index (χ1) is 18.5. The summed E-state index contributed by atoms with van der Waals surface area (Å²) >= 11 is 6.30. The number of halogens is 1. The van der Waals surface area contributed by atoms with Gasteiger partial charge in [0.1, 0.15) is 0 Å². The summed E-state index contributed by atoms with van der Waals surface area (Å²) in [5, 5.41) is 20.8. The molecule has 0 saturated carbocycles. The fourth-order valence-corrected chi connectivity index (χ4v) is 5.31. The van der Waals surface area contributed by atoms with Crippen LogP contribution in [0.5, 0.6) is 0 Å². The van der Waals surface area contributed by atoms with E-state index >= 15 is 0 Å². The Balaban J connectivity index is 1.42. The van der Waals surface area contributed by atoms with E-state index in [0.29, 0.717) is 18.0 Å². The number of aliphatic hydroxyl groups is 1. The number of hydrogen-bond donors (Lipinski definition) is 2. The Kier molecular flexibility index (Phi) is 8.94. The minimum Gasteiger partial charge on any atom is -0.478 e. The van der Waals surface area contributed by atoms with Crippen LogP contribution in [0.3, 0.4) is 0 Å². The van der Waals surface area contributed by atoms with Gasteiger partial charge in [-0.2, -0.15) is 0 Å². The number of carboxylic acid groups (broad SMARTS) is 1.